The molecule has 0 heterocycles. The first-order valence-electron chi connectivity index (χ1n) is 6.74. The quantitative estimate of drug-likeness (QED) is 0.541. The van der Waals surface area contributed by atoms with Crippen LogP contribution in [0.15, 0.2) is 12.2 Å². The molecule has 3 atom stereocenters. The number of fused-ring (bicyclic) bond motifs is 2. The van der Waals surface area contributed by atoms with Crippen LogP contribution in [-0.4, -0.2) is 35.3 Å². The molecule has 0 aliphatic heterocycles. The molecule has 2 rings (SSSR count). The molecule has 0 saturated heterocycles. The second-order valence-electron chi connectivity index (χ2n) is 6.11. The van der Waals surface area contributed by atoms with Crippen molar-refractivity contribution in [2.45, 2.75) is 32.3 Å². The summed E-state index contributed by atoms with van der Waals surface area (Å²) < 4.78 is 0. The summed E-state index contributed by atoms with van der Waals surface area (Å²) >= 11 is 1.83. The second kappa shape index (κ2) is 5.77. The van der Waals surface area contributed by atoms with Gasteiger partial charge in [0.2, 0.25) is 0 Å². The highest BCUT2D eigenvalue weighted by Gasteiger charge is 2.34. The molecular weight excluding hydrogens is 230 g/mol. The summed E-state index contributed by atoms with van der Waals surface area (Å²) in [5, 5.41) is 13.1. The van der Waals surface area contributed by atoms with Gasteiger partial charge < -0.3 is 10.4 Å². The predicted octanol–water partition coefficient (Wildman–Crippen LogP) is 2.29. The van der Waals surface area contributed by atoms with Gasteiger partial charge in [-0.25, -0.2) is 0 Å². The molecule has 0 aromatic heterocycles. The summed E-state index contributed by atoms with van der Waals surface area (Å²) in [6, 6.07) is 0. The van der Waals surface area contributed by atoms with Gasteiger partial charge in [0, 0.05) is 18.1 Å². The monoisotopic (exact) mass is 255 g/mol. The normalized spacial score (nSPS) is 31.4. The molecule has 2 nitrogen and oxygen atoms in total. The van der Waals surface area contributed by atoms with Crippen LogP contribution >= 0.6 is 11.8 Å². The first kappa shape index (κ1) is 13.4. The number of rotatable bonds is 7. The van der Waals surface area contributed by atoms with Gasteiger partial charge in [0.25, 0.3) is 0 Å². The third kappa shape index (κ3) is 4.31. The van der Waals surface area contributed by atoms with Crippen LogP contribution in [0.25, 0.3) is 0 Å². The number of hydrogen-bond acceptors (Lipinski definition) is 3. The molecule has 0 aromatic rings. The Balaban J connectivity index is 1.49. The molecule has 17 heavy (non-hydrogen) atoms. The van der Waals surface area contributed by atoms with Crippen molar-refractivity contribution in [1.29, 1.82) is 0 Å². The van der Waals surface area contributed by atoms with E-state index >= 15 is 0 Å². The Morgan fingerprint density at radius 3 is 2.76 bits per heavy atom. The highest BCUT2D eigenvalue weighted by Crippen LogP contribution is 2.42. The summed E-state index contributed by atoms with van der Waals surface area (Å²) in [5.41, 5.74) is -0.528. The van der Waals surface area contributed by atoms with Crippen LogP contribution < -0.4 is 5.32 Å². The van der Waals surface area contributed by atoms with Crippen LogP contribution in [0, 0.1) is 17.8 Å². The van der Waals surface area contributed by atoms with Gasteiger partial charge in [-0.15, -0.1) is 0 Å². The summed E-state index contributed by atoms with van der Waals surface area (Å²) in [4.78, 5) is 0. The fourth-order valence-corrected chi connectivity index (χ4v) is 3.82. The van der Waals surface area contributed by atoms with E-state index in [1.54, 1.807) is 0 Å². The minimum absolute atomic E-state index is 0.528. The van der Waals surface area contributed by atoms with Crippen LogP contribution in [0.4, 0.5) is 0 Å². The molecule has 3 heteroatoms. The first-order valence-corrected chi connectivity index (χ1v) is 7.89. The van der Waals surface area contributed by atoms with E-state index in [4.69, 9.17) is 0 Å². The van der Waals surface area contributed by atoms with Crippen LogP contribution in [0.1, 0.15) is 26.7 Å². The van der Waals surface area contributed by atoms with Gasteiger partial charge in [-0.1, -0.05) is 12.2 Å². The van der Waals surface area contributed by atoms with E-state index in [-0.39, 0.29) is 0 Å². The molecule has 98 valence electrons. The minimum atomic E-state index is -0.528. The van der Waals surface area contributed by atoms with Crippen molar-refractivity contribution >= 4 is 11.8 Å². The zero-order valence-electron chi connectivity index (χ0n) is 11.0. The van der Waals surface area contributed by atoms with Gasteiger partial charge in [0.1, 0.15) is 0 Å². The fourth-order valence-electron chi connectivity index (χ4n) is 2.88. The van der Waals surface area contributed by atoms with Crippen molar-refractivity contribution in [1.82, 2.24) is 5.32 Å². The summed E-state index contributed by atoms with van der Waals surface area (Å²) in [6.45, 7) is 5.98. The standard InChI is InChI=1S/C14H25NOS/c1-14(2,16)10-17-6-5-15-9-13-8-11-3-4-12(13)7-11/h3-4,11-13,15-16H,5-10H2,1-2H3/t11-,12-,13+/m0/s1. The highest BCUT2D eigenvalue weighted by atomic mass is 32.2. The maximum atomic E-state index is 9.57. The second-order valence-corrected chi connectivity index (χ2v) is 7.21. The first-order chi connectivity index (χ1) is 8.04. The van der Waals surface area contributed by atoms with Gasteiger partial charge in [0.15, 0.2) is 0 Å². The highest BCUT2D eigenvalue weighted by molar-refractivity contribution is 7.99. The number of aliphatic hydroxyl groups is 1. The number of allylic oxidation sites excluding steroid dienone is 2. The molecular formula is C14H25NOS. The molecule has 1 saturated carbocycles. The molecule has 2 bridgehead atoms. The van der Waals surface area contributed by atoms with Crippen molar-refractivity contribution < 1.29 is 5.11 Å². The topological polar surface area (TPSA) is 32.3 Å². The third-order valence-electron chi connectivity index (χ3n) is 3.70. The van der Waals surface area contributed by atoms with E-state index < -0.39 is 5.60 Å². The SMILES string of the molecule is CC(C)(O)CSCCNC[C@H]1C[C@H]2C=C[C@H]1C2. The van der Waals surface area contributed by atoms with Crippen molar-refractivity contribution in [3.8, 4) is 0 Å². The summed E-state index contributed by atoms with van der Waals surface area (Å²) in [6.07, 6.45) is 7.62. The lowest BCUT2D eigenvalue weighted by Crippen LogP contribution is -2.28. The Morgan fingerprint density at radius 2 is 2.18 bits per heavy atom. The Bertz CT molecular complexity index is 272. The fraction of sp³-hybridized carbons (Fsp3) is 0.857. The molecule has 0 aromatic carbocycles. The zero-order valence-corrected chi connectivity index (χ0v) is 11.8. The van der Waals surface area contributed by atoms with E-state index in [2.05, 4.69) is 17.5 Å². The average molecular weight is 255 g/mol. The molecule has 0 spiro atoms. The molecule has 2 N–H and O–H groups in total. The van der Waals surface area contributed by atoms with Crippen LogP contribution in [0.2, 0.25) is 0 Å². The molecule has 0 amide bonds. The van der Waals surface area contributed by atoms with Gasteiger partial charge in [0.05, 0.1) is 5.60 Å². The molecule has 0 unspecified atom stereocenters. The Hall–Kier alpha value is 0.0100. The molecule has 0 radical (unpaired) electrons. The molecule has 2 aliphatic carbocycles. The largest absolute Gasteiger partial charge is 0.390 e. The van der Waals surface area contributed by atoms with Crippen molar-refractivity contribution in [2.75, 3.05) is 24.6 Å². The van der Waals surface area contributed by atoms with Crippen LogP contribution in [0.5, 0.6) is 0 Å². The number of hydrogen-bond donors (Lipinski definition) is 2. The molecule has 1 fully saturated rings. The van der Waals surface area contributed by atoms with Crippen LogP contribution in [-0.2, 0) is 0 Å². The lowest BCUT2D eigenvalue weighted by atomic mass is 9.94. The Morgan fingerprint density at radius 1 is 1.35 bits per heavy atom. The van der Waals surface area contributed by atoms with Crippen molar-refractivity contribution in [3.05, 3.63) is 12.2 Å². The van der Waals surface area contributed by atoms with E-state index in [0.29, 0.717) is 0 Å². The minimum Gasteiger partial charge on any atom is -0.390 e. The van der Waals surface area contributed by atoms with Gasteiger partial charge in [-0.05, 0) is 51.0 Å². The van der Waals surface area contributed by atoms with Gasteiger partial charge in [-0.3, -0.25) is 0 Å². The lowest BCUT2D eigenvalue weighted by molar-refractivity contribution is 0.107. The smallest absolute Gasteiger partial charge is 0.0681 e. The summed E-state index contributed by atoms with van der Waals surface area (Å²) in [5.74, 6) is 4.55. The zero-order chi connectivity index (χ0) is 12.3. The summed E-state index contributed by atoms with van der Waals surface area (Å²) in [7, 11) is 0. The predicted molar refractivity (Wildman–Crippen MR) is 75.3 cm³/mol. The van der Waals surface area contributed by atoms with E-state index in [1.807, 2.05) is 25.6 Å². The maximum Gasteiger partial charge on any atom is 0.0681 e. The number of thioether (sulfide) groups is 1. The average Bonchev–Trinajstić information content (AvgIpc) is 2.83. The van der Waals surface area contributed by atoms with E-state index in [0.717, 1.165) is 35.8 Å². The third-order valence-corrected chi connectivity index (χ3v) is 5.10. The van der Waals surface area contributed by atoms with E-state index in [9.17, 15) is 5.11 Å². The van der Waals surface area contributed by atoms with Gasteiger partial charge >= 0.3 is 0 Å². The number of nitrogens with one attached hydrogen (secondary N) is 1. The molecule has 2 aliphatic rings. The lowest BCUT2D eigenvalue weighted by Gasteiger charge is -2.19. The Labute approximate surface area is 109 Å². The van der Waals surface area contributed by atoms with Crippen molar-refractivity contribution in [2.24, 2.45) is 17.8 Å². The Kier molecular flexibility index (Phi) is 4.56. The van der Waals surface area contributed by atoms with Gasteiger partial charge in [-0.2, -0.15) is 11.8 Å². The van der Waals surface area contributed by atoms with E-state index in [1.165, 1.54) is 19.4 Å². The van der Waals surface area contributed by atoms with Crippen LogP contribution in [0.3, 0.4) is 0 Å². The van der Waals surface area contributed by atoms with Crippen molar-refractivity contribution in [3.63, 3.8) is 0 Å². The maximum absolute atomic E-state index is 9.57.